The van der Waals surface area contributed by atoms with Crippen molar-refractivity contribution in [2.24, 2.45) is 11.1 Å². The molecular weight excluding hydrogens is 256 g/mol. The molecule has 0 amide bonds. The lowest BCUT2D eigenvalue weighted by molar-refractivity contribution is 0.183. The quantitative estimate of drug-likeness (QED) is 0.764. The Morgan fingerprint density at radius 2 is 2.06 bits per heavy atom. The van der Waals surface area contributed by atoms with Crippen LogP contribution in [0.4, 0.5) is 0 Å². The lowest BCUT2D eigenvalue weighted by Crippen LogP contribution is -2.21. The number of methoxy groups -OCH3 is 1. The minimum Gasteiger partial charge on any atom is -0.383 e. The second-order valence-corrected chi connectivity index (χ2v) is 5.98. The molecule has 7 nitrogen and oxygen atoms in total. The van der Waals surface area contributed by atoms with E-state index in [0.717, 1.165) is 6.42 Å². The molecular formula is C10H20N4O3S. The number of ether oxygens (including phenoxy) is 1. The fraction of sp³-hybridized carbons (Fsp3) is 0.800. The molecule has 104 valence electrons. The number of hydrogen-bond acceptors (Lipinski definition) is 5. The van der Waals surface area contributed by atoms with Gasteiger partial charge in [0.05, 0.1) is 6.61 Å². The number of primary sulfonamides is 1. The fourth-order valence-corrected chi connectivity index (χ4v) is 2.20. The average Bonchev–Trinajstić information content (AvgIpc) is 2.66. The third-order valence-corrected chi connectivity index (χ3v) is 3.32. The molecule has 0 fully saturated rings. The Hall–Kier alpha value is -0.990. The Morgan fingerprint density at radius 3 is 2.56 bits per heavy atom. The number of aryl methyl sites for hydroxylation is 1. The van der Waals surface area contributed by atoms with E-state index in [4.69, 9.17) is 9.88 Å². The second kappa shape index (κ2) is 6.26. The highest BCUT2D eigenvalue weighted by atomic mass is 32.2. The molecule has 18 heavy (non-hydrogen) atoms. The SMILES string of the molecule is COCCn1c(CCC(C)C)nnc1S(N)(=O)=O. The van der Waals surface area contributed by atoms with E-state index in [2.05, 4.69) is 24.0 Å². The van der Waals surface area contributed by atoms with Gasteiger partial charge in [-0.1, -0.05) is 13.8 Å². The smallest absolute Gasteiger partial charge is 0.273 e. The summed E-state index contributed by atoms with van der Waals surface area (Å²) in [6.45, 7) is 4.95. The predicted molar refractivity (Wildman–Crippen MR) is 66.4 cm³/mol. The Balaban J connectivity index is 2.99. The van der Waals surface area contributed by atoms with Crippen LogP contribution in [0, 0.1) is 5.92 Å². The Labute approximate surface area is 107 Å². The van der Waals surface area contributed by atoms with Gasteiger partial charge < -0.3 is 4.74 Å². The van der Waals surface area contributed by atoms with Crippen molar-refractivity contribution in [2.75, 3.05) is 13.7 Å². The molecule has 1 aromatic heterocycles. The van der Waals surface area contributed by atoms with Crippen LogP contribution in [0.25, 0.3) is 0 Å². The Morgan fingerprint density at radius 1 is 1.39 bits per heavy atom. The first-order chi connectivity index (χ1) is 8.36. The Kier molecular flexibility index (Phi) is 5.24. The van der Waals surface area contributed by atoms with Gasteiger partial charge in [0.1, 0.15) is 5.82 Å². The van der Waals surface area contributed by atoms with Crippen molar-refractivity contribution in [3.63, 3.8) is 0 Å². The van der Waals surface area contributed by atoms with E-state index in [1.54, 1.807) is 7.11 Å². The molecule has 0 aliphatic rings. The van der Waals surface area contributed by atoms with Gasteiger partial charge in [-0.15, -0.1) is 10.2 Å². The minimum atomic E-state index is -3.85. The van der Waals surface area contributed by atoms with Crippen LogP contribution in [0.2, 0.25) is 0 Å². The van der Waals surface area contributed by atoms with E-state index in [1.165, 1.54) is 4.57 Å². The molecule has 1 aromatic rings. The number of sulfonamides is 1. The molecule has 0 aromatic carbocycles. The molecule has 0 spiro atoms. The highest BCUT2D eigenvalue weighted by molar-refractivity contribution is 7.89. The van der Waals surface area contributed by atoms with Crippen molar-refractivity contribution in [3.8, 4) is 0 Å². The summed E-state index contributed by atoms with van der Waals surface area (Å²) in [7, 11) is -2.30. The summed E-state index contributed by atoms with van der Waals surface area (Å²) < 4.78 is 29.2. The van der Waals surface area contributed by atoms with E-state index in [1.807, 2.05) is 0 Å². The van der Waals surface area contributed by atoms with E-state index in [9.17, 15) is 8.42 Å². The van der Waals surface area contributed by atoms with Crippen LogP contribution in [0.15, 0.2) is 5.16 Å². The highest BCUT2D eigenvalue weighted by Crippen LogP contribution is 2.11. The molecule has 0 bridgehead atoms. The monoisotopic (exact) mass is 276 g/mol. The number of hydrogen-bond donors (Lipinski definition) is 1. The second-order valence-electron chi connectivity index (χ2n) is 4.52. The maximum atomic E-state index is 11.4. The molecule has 0 atom stereocenters. The summed E-state index contributed by atoms with van der Waals surface area (Å²) in [6, 6.07) is 0. The number of rotatable bonds is 7. The zero-order valence-corrected chi connectivity index (χ0v) is 11.8. The molecule has 0 saturated carbocycles. The summed E-state index contributed by atoms with van der Waals surface area (Å²) in [5, 5.41) is 12.5. The number of nitrogens with zero attached hydrogens (tertiary/aromatic N) is 3. The van der Waals surface area contributed by atoms with Gasteiger partial charge in [-0.25, -0.2) is 13.6 Å². The molecule has 1 heterocycles. The van der Waals surface area contributed by atoms with Gasteiger partial charge in [-0.2, -0.15) is 0 Å². The van der Waals surface area contributed by atoms with Crippen molar-refractivity contribution in [1.29, 1.82) is 0 Å². The highest BCUT2D eigenvalue weighted by Gasteiger charge is 2.20. The Bertz CT molecular complexity index is 481. The lowest BCUT2D eigenvalue weighted by atomic mass is 10.1. The van der Waals surface area contributed by atoms with E-state index in [0.29, 0.717) is 31.3 Å². The standard InChI is InChI=1S/C10H20N4O3S/c1-8(2)4-5-9-12-13-10(18(11,15)16)14(9)6-7-17-3/h8H,4-7H2,1-3H3,(H2,11,15,16). The van der Waals surface area contributed by atoms with E-state index < -0.39 is 10.0 Å². The zero-order valence-electron chi connectivity index (χ0n) is 11.0. The third kappa shape index (κ3) is 4.04. The molecule has 0 saturated heterocycles. The zero-order chi connectivity index (χ0) is 13.8. The van der Waals surface area contributed by atoms with Gasteiger partial charge >= 0.3 is 0 Å². The van der Waals surface area contributed by atoms with Crippen LogP contribution in [0.1, 0.15) is 26.1 Å². The van der Waals surface area contributed by atoms with Gasteiger partial charge in [0.25, 0.3) is 15.2 Å². The van der Waals surface area contributed by atoms with Crippen LogP contribution < -0.4 is 5.14 Å². The van der Waals surface area contributed by atoms with Gasteiger partial charge in [0, 0.05) is 20.1 Å². The van der Waals surface area contributed by atoms with Crippen LogP contribution >= 0.6 is 0 Å². The molecule has 1 rings (SSSR count). The summed E-state index contributed by atoms with van der Waals surface area (Å²) >= 11 is 0. The van der Waals surface area contributed by atoms with Crippen molar-refractivity contribution >= 4 is 10.0 Å². The predicted octanol–water partition coefficient (Wildman–Crippen LogP) is 0.161. The average molecular weight is 276 g/mol. The van der Waals surface area contributed by atoms with Gasteiger partial charge in [-0.3, -0.25) is 4.57 Å². The minimum absolute atomic E-state index is 0.196. The first kappa shape index (κ1) is 15.1. The molecule has 8 heteroatoms. The summed E-state index contributed by atoms with van der Waals surface area (Å²) in [6.07, 6.45) is 1.58. The summed E-state index contributed by atoms with van der Waals surface area (Å²) in [5.74, 6) is 1.14. The molecule has 0 aliphatic carbocycles. The van der Waals surface area contributed by atoms with E-state index in [-0.39, 0.29) is 5.16 Å². The number of aromatic nitrogens is 3. The first-order valence-electron chi connectivity index (χ1n) is 5.80. The van der Waals surface area contributed by atoms with Gasteiger partial charge in [0.2, 0.25) is 0 Å². The largest absolute Gasteiger partial charge is 0.383 e. The van der Waals surface area contributed by atoms with Gasteiger partial charge in [0.15, 0.2) is 0 Å². The molecule has 0 radical (unpaired) electrons. The topological polar surface area (TPSA) is 100 Å². The van der Waals surface area contributed by atoms with Crippen molar-refractivity contribution < 1.29 is 13.2 Å². The number of nitrogens with two attached hydrogens (primary N) is 1. The molecule has 2 N–H and O–H groups in total. The maximum absolute atomic E-state index is 11.4. The van der Waals surface area contributed by atoms with Crippen molar-refractivity contribution in [1.82, 2.24) is 14.8 Å². The van der Waals surface area contributed by atoms with Crippen LogP contribution in [0.5, 0.6) is 0 Å². The maximum Gasteiger partial charge on any atom is 0.273 e. The van der Waals surface area contributed by atoms with Crippen molar-refractivity contribution in [3.05, 3.63) is 5.82 Å². The van der Waals surface area contributed by atoms with Crippen molar-refractivity contribution in [2.45, 2.75) is 38.4 Å². The van der Waals surface area contributed by atoms with E-state index >= 15 is 0 Å². The molecule has 0 unspecified atom stereocenters. The third-order valence-electron chi connectivity index (χ3n) is 2.51. The fourth-order valence-electron chi connectivity index (χ4n) is 1.54. The van der Waals surface area contributed by atoms with Crippen LogP contribution in [-0.4, -0.2) is 36.9 Å². The van der Waals surface area contributed by atoms with Gasteiger partial charge in [-0.05, 0) is 12.3 Å². The normalized spacial score (nSPS) is 12.3. The lowest BCUT2D eigenvalue weighted by Gasteiger charge is -2.09. The first-order valence-corrected chi connectivity index (χ1v) is 7.34. The summed E-state index contributed by atoms with van der Waals surface area (Å²) in [5.41, 5.74) is 0. The summed E-state index contributed by atoms with van der Waals surface area (Å²) in [4.78, 5) is 0. The van der Waals surface area contributed by atoms with Crippen LogP contribution in [0.3, 0.4) is 0 Å². The van der Waals surface area contributed by atoms with Crippen LogP contribution in [-0.2, 0) is 27.7 Å². The molecule has 0 aliphatic heterocycles.